The number of hydrogen-bond donors (Lipinski definition) is 2. The lowest BCUT2D eigenvalue weighted by molar-refractivity contribution is -0.385. The van der Waals surface area contributed by atoms with Crippen LogP contribution in [0.4, 0.5) is 24.5 Å². The van der Waals surface area contributed by atoms with E-state index in [0.29, 0.717) is 16.9 Å². The first-order valence-corrected chi connectivity index (χ1v) is 8.08. The van der Waals surface area contributed by atoms with Crippen LogP contribution in [0.3, 0.4) is 0 Å². The van der Waals surface area contributed by atoms with Crippen molar-refractivity contribution in [3.8, 4) is 0 Å². The lowest BCUT2D eigenvalue weighted by Gasteiger charge is -2.27. The van der Waals surface area contributed by atoms with Crippen LogP contribution < -0.4 is 5.32 Å². The highest BCUT2D eigenvalue weighted by molar-refractivity contribution is 7.09. The summed E-state index contributed by atoms with van der Waals surface area (Å²) in [6.07, 6.45) is -6.46. The standard InChI is InChI=1S/C15H14F3N3O4S/c1-8-3-4-10(5-11(8)21(24)25)20-12(22)6-14(23,15(16,17)18)13-19-9(2)7-26-13/h3-5,7,23H,6H2,1-2H3,(H,20,22)/t14-/m0/s1. The Kier molecular flexibility index (Phi) is 5.33. The van der Waals surface area contributed by atoms with Crippen molar-refractivity contribution >= 4 is 28.6 Å². The summed E-state index contributed by atoms with van der Waals surface area (Å²) >= 11 is 0.590. The largest absolute Gasteiger partial charge is 0.424 e. The van der Waals surface area contributed by atoms with E-state index >= 15 is 0 Å². The van der Waals surface area contributed by atoms with Gasteiger partial charge in [0.2, 0.25) is 11.5 Å². The number of aliphatic hydroxyl groups is 1. The summed E-state index contributed by atoms with van der Waals surface area (Å²) in [6.45, 7) is 2.94. The molecule has 0 radical (unpaired) electrons. The lowest BCUT2D eigenvalue weighted by Crippen LogP contribution is -2.45. The van der Waals surface area contributed by atoms with Crippen molar-refractivity contribution in [2.45, 2.75) is 32.0 Å². The minimum Gasteiger partial charge on any atom is -0.374 e. The van der Waals surface area contributed by atoms with Crippen LogP contribution in [0.5, 0.6) is 0 Å². The first-order chi connectivity index (χ1) is 11.9. The van der Waals surface area contributed by atoms with Gasteiger partial charge in [-0.25, -0.2) is 4.98 Å². The van der Waals surface area contributed by atoms with Gasteiger partial charge in [-0.15, -0.1) is 11.3 Å². The van der Waals surface area contributed by atoms with Gasteiger partial charge in [0.25, 0.3) is 5.69 Å². The van der Waals surface area contributed by atoms with Gasteiger partial charge in [0.1, 0.15) is 5.01 Å². The number of nitro benzene ring substituents is 1. The molecule has 2 aromatic rings. The van der Waals surface area contributed by atoms with Crippen LogP contribution in [0.1, 0.15) is 22.7 Å². The SMILES string of the molecule is Cc1csc([C@@](O)(CC(=O)Nc2ccc(C)c([N+](=O)[O-])c2)C(F)(F)F)n1. The Morgan fingerprint density at radius 3 is 2.54 bits per heavy atom. The molecular weight excluding hydrogens is 375 g/mol. The van der Waals surface area contributed by atoms with Gasteiger partial charge in [-0.2, -0.15) is 13.2 Å². The fraction of sp³-hybridized carbons (Fsp3) is 0.333. The van der Waals surface area contributed by atoms with Crippen molar-refractivity contribution in [3.05, 3.63) is 50.0 Å². The number of hydrogen-bond acceptors (Lipinski definition) is 6. The molecule has 2 rings (SSSR count). The Morgan fingerprint density at radius 1 is 1.38 bits per heavy atom. The van der Waals surface area contributed by atoms with Crippen molar-refractivity contribution in [1.29, 1.82) is 0 Å². The molecule has 0 aliphatic heterocycles. The maximum atomic E-state index is 13.4. The second-order valence-electron chi connectivity index (χ2n) is 5.64. The number of alkyl halides is 3. The molecule has 0 spiro atoms. The third kappa shape index (κ3) is 3.99. The van der Waals surface area contributed by atoms with Gasteiger partial charge in [0.05, 0.1) is 11.3 Å². The van der Waals surface area contributed by atoms with E-state index in [4.69, 9.17) is 0 Å². The molecule has 1 heterocycles. The van der Waals surface area contributed by atoms with Gasteiger partial charge in [0, 0.05) is 28.4 Å². The summed E-state index contributed by atoms with van der Waals surface area (Å²) in [5, 5.41) is 23.8. The molecule has 0 bridgehead atoms. The smallest absolute Gasteiger partial charge is 0.374 e. The number of aromatic nitrogens is 1. The third-order valence-electron chi connectivity index (χ3n) is 3.55. The quantitative estimate of drug-likeness (QED) is 0.602. The van der Waals surface area contributed by atoms with Crippen LogP contribution in [-0.2, 0) is 10.4 Å². The van der Waals surface area contributed by atoms with Crippen molar-refractivity contribution in [2.75, 3.05) is 5.32 Å². The normalized spacial score (nSPS) is 13.9. The maximum absolute atomic E-state index is 13.4. The van der Waals surface area contributed by atoms with Crippen molar-refractivity contribution < 1.29 is 28.0 Å². The van der Waals surface area contributed by atoms with Crippen LogP contribution in [-0.4, -0.2) is 27.1 Å². The molecule has 0 saturated carbocycles. The number of nitro groups is 1. The van der Waals surface area contributed by atoms with E-state index in [1.807, 2.05) is 0 Å². The first kappa shape index (κ1) is 19.8. The number of rotatable bonds is 5. The van der Waals surface area contributed by atoms with Gasteiger partial charge in [-0.05, 0) is 19.9 Å². The molecular formula is C15H14F3N3O4S. The number of aryl methyl sites for hydroxylation is 2. The van der Waals surface area contributed by atoms with E-state index in [2.05, 4.69) is 10.3 Å². The van der Waals surface area contributed by atoms with Crippen molar-refractivity contribution in [1.82, 2.24) is 4.98 Å². The summed E-state index contributed by atoms with van der Waals surface area (Å²) in [6, 6.07) is 3.71. The van der Waals surface area contributed by atoms with Gasteiger partial charge in [-0.1, -0.05) is 6.07 Å². The Hall–Kier alpha value is -2.53. The molecule has 26 heavy (non-hydrogen) atoms. The number of benzene rings is 1. The van der Waals surface area contributed by atoms with Gasteiger partial charge >= 0.3 is 6.18 Å². The zero-order valence-corrected chi connectivity index (χ0v) is 14.4. The number of anilines is 1. The van der Waals surface area contributed by atoms with Gasteiger partial charge in [0.15, 0.2) is 0 Å². The molecule has 1 aromatic carbocycles. The second-order valence-corrected chi connectivity index (χ2v) is 6.49. The topological polar surface area (TPSA) is 105 Å². The highest BCUT2D eigenvalue weighted by atomic mass is 32.1. The summed E-state index contributed by atoms with van der Waals surface area (Å²) in [5.74, 6) is -1.16. The summed E-state index contributed by atoms with van der Waals surface area (Å²) in [5.41, 5.74) is -3.18. The van der Waals surface area contributed by atoms with Gasteiger partial charge in [-0.3, -0.25) is 14.9 Å². The molecule has 7 nitrogen and oxygen atoms in total. The first-order valence-electron chi connectivity index (χ1n) is 7.20. The Balaban J connectivity index is 2.26. The zero-order valence-electron chi connectivity index (χ0n) is 13.6. The van der Waals surface area contributed by atoms with Crippen LogP contribution in [0.15, 0.2) is 23.6 Å². The summed E-state index contributed by atoms with van der Waals surface area (Å²) in [7, 11) is 0. The van der Waals surface area contributed by atoms with Crippen LogP contribution >= 0.6 is 11.3 Å². The molecule has 0 saturated heterocycles. The molecule has 1 atom stereocenters. The Labute approximate surface area is 149 Å². The second kappa shape index (κ2) is 7.00. The van der Waals surface area contributed by atoms with Crippen molar-refractivity contribution in [3.63, 3.8) is 0 Å². The monoisotopic (exact) mass is 389 g/mol. The number of carbonyl (C=O) groups excluding carboxylic acids is 1. The molecule has 0 fully saturated rings. The fourth-order valence-corrected chi connectivity index (χ4v) is 3.08. The molecule has 0 unspecified atom stereocenters. The zero-order chi connectivity index (χ0) is 19.7. The Morgan fingerprint density at radius 2 is 2.04 bits per heavy atom. The highest BCUT2D eigenvalue weighted by Crippen LogP contribution is 2.43. The number of nitrogens with zero attached hydrogens (tertiary/aromatic N) is 2. The number of thiazole rings is 1. The molecule has 1 aromatic heterocycles. The molecule has 0 aliphatic carbocycles. The van der Waals surface area contributed by atoms with E-state index in [9.17, 15) is 33.2 Å². The maximum Gasteiger partial charge on any atom is 0.424 e. The van der Waals surface area contributed by atoms with Crippen LogP contribution in [0.2, 0.25) is 0 Å². The van der Waals surface area contributed by atoms with Crippen molar-refractivity contribution in [2.24, 2.45) is 0 Å². The average molecular weight is 389 g/mol. The minimum absolute atomic E-state index is 0.0489. The van der Waals surface area contributed by atoms with E-state index in [1.54, 1.807) is 0 Å². The number of amides is 1. The third-order valence-corrected chi connectivity index (χ3v) is 4.66. The highest BCUT2D eigenvalue weighted by Gasteiger charge is 2.58. The minimum atomic E-state index is -5.13. The molecule has 0 aliphatic rings. The number of nitrogens with one attached hydrogen (secondary N) is 1. The lowest BCUT2D eigenvalue weighted by atomic mass is 9.99. The number of carbonyl (C=O) groups is 1. The average Bonchev–Trinajstić information content (AvgIpc) is 2.94. The van der Waals surface area contributed by atoms with Gasteiger partial charge < -0.3 is 10.4 Å². The summed E-state index contributed by atoms with van der Waals surface area (Å²) < 4.78 is 40.1. The van der Waals surface area contributed by atoms with Crippen LogP contribution in [0, 0.1) is 24.0 Å². The van der Waals surface area contributed by atoms with E-state index in [0.717, 1.165) is 6.07 Å². The van der Waals surface area contributed by atoms with E-state index < -0.39 is 34.0 Å². The van der Waals surface area contributed by atoms with E-state index in [-0.39, 0.29) is 17.1 Å². The van der Waals surface area contributed by atoms with Crippen LogP contribution in [0.25, 0.3) is 0 Å². The fourth-order valence-electron chi connectivity index (χ4n) is 2.16. The molecule has 1 amide bonds. The molecule has 11 heteroatoms. The summed E-state index contributed by atoms with van der Waals surface area (Å²) in [4.78, 5) is 25.9. The number of halogens is 3. The molecule has 2 N–H and O–H groups in total. The van der Waals surface area contributed by atoms with E-state index in [1.165, 1.54) is 31.4 Å². The predicted octanol–water partition coefficient (Wildman–Crippen LogP) is 3.45. The predicted molar refractivity (Wildman–Crippen MR) is 87.9 cm³/mol. The molecule has 140 valence electrons. The Bertz CT molecular complexity index is 853.